The van der Waals surface area contributed by atoms with Crippen molar-refractivity contribution >= 4 is 23.2 Å². The fourth-order valence-corrected chi connectivity index (χ4v) is 3.17. The quantitative estimate of drug-likeness (QED) is 0.626. The topological polar surface area (TPSA) is 55.4 Å². The maximum atomic E-state index is 11.9. The fourth-order valence-electron chi connectivity index (χ4n) is 2.26. The summed E-state index contributed by atoms with van der Waals surface area (Å²) in [6.45, 7) is 4.15. The summed E-state index contributed by atoms with van der Waals surface area (Å²) < 4.78 is 5.06. The molecule has 4 nitrogen and oxygen atoms in total. The first-order valence-electron chi connectivity index (χ1n) is 7.61. The van der Waals surface area contributed by atoms with Gasteiger partial charge in [0.2, 0.25) is 0 Å². The Balaban J connectivity index is 1.65. The largest absolute Gasteiger partial charge is 0.452 e. The highest BCUT2D eigenvalue weighted by atomic mass is 32.1. The van der Waals surface area contributed by atoms with E-state index in [1.807, 2.05) is 32.0 Å². The average Bonchev–Trinajstić information content (AvgIpc) is 2.89. The zero-order chi connectivity index (χ0) is 16.7. The Morgan fingerprint density at radius 3 is 2.57 bits per heavy atom. The minimum Gasteiger partial charge on any atom is -0.452 e. The zero-order valence-electron chi connectivity index (χ0n) is 13.4. The molecule has 0 fully saturated rings. The highest BCUT2D eigenvalue weighted by Gasteiger charge is 2.14. The van der Waals surface area contributed by atoms with Crippen LogP contribution >= 0.6 is 11.3 Å². The molecule has 0 spiro atoms. The molecule has 1 amide bonds. The van der Waals surface area contributed by atoms with Gasteiger partial charge in [0.1, 0.15) is 0 Å². The lowest BCUT2D eigenvalue weighted by Crippen LogP contribution is -2.29. The van der Waals surface area contributed by atoms with Crippen molar-refractivity contribution in [2.45, 2.75) is 26.7 Å². The molecule has 1 aromatic carbocycles. The summed E-state index contributed by atoms with van der Waals surface area (Å²) in [7, 11) is 0. The first kappa shape index (κ1) is 17.2. The third kappa shape index (κ3) is 5.53. The fraction of sp³-hybridized carbons (Fsp3) is 0.333. The van der Waals surface area contributed by atoms with E-state index in [1.54, 1.807) is 17.4 Å². The van der Waals surface area contributed by atoms with Gasteiger partial charge in [0.15, 0.2) is 6.61 Å². The minimum atomic E-state index is -0.439. The highest BCUT2D eigenvalue weighted by Crippen LogP contribution is 2.21. The molecule has 122 valence electrons. The second-order valence-corrected chi connectivity index (χ2v) is 6.80. The molecule has 0 saturated carbocycles. The number of esters is 1. The van der Waals surface area contributed by atoms with Crippen LogP contribution in [0.2, 0.25) is 0 Å². The summed E-state index contributed by atoms with van der Waals surface area (Å²) in [5.41, 5.74) is 1.79. The number of nitrogens with one attached hydrogen (secondary N) is 1. The van der Waals surface area contributed by atoms with Gasteiger partial charge in [-0.25, -0.2) is 4.79 Å². The lowest BCUT2D eigenvalue weighted by molar-refractivity contribution is -0.124. The molecule has 0 saturated heterocycles. The van der Waals surface area contributed by atoms with Crippen LogP contribution in [0.3, 0.4) is 0 Å². The second-order valence-electron chi connectivity index (χ2n) is 5.34. The Morgan fingerprint density at radius 2 is 1.91 bits per heavy atom. The molecule has 23 heavy (non-hydrogen) atoms. The Bertz CT molecular complexity index is 664. The summed E-state index contributed by atoms with van der Waals surface area (Å²) in [5.74, 6) is -0.706. The summed E-state index contributed by atoms with van der Waals surface area (Å²) in [6, 6.07) is 11.9. The summed E-state index contributed by atoms with van der Waals surface area (Å²) in [6.07, 6.45) is 1.76. The van der Waals surface area contributed by atoms with Gasteiger partial charge >= 0.3 is 5.97 Å². The number of carbonyl (C=O) groups excluding carboxylic acids is 2. The van der Waals surface area contributed by atoms with Crippen molar-refractivity contribution in [3.05, 3.63) is 57.3 Å². The number of thiophene rings is 1. The number of rotatable bonds is 7. The summed E-state index contributed by atoms with van der Waals surface area (Å²) in [5, 5.41) is 2.77. The predicted octanol–water partition coefficient (Wildman–Crippen LogP) is 3.27. The van der Waals surface area contributed by atoms with E-state index in [-0.39, 0.29) is 12.5 Å². The van der Waals surface area contributed by atoms with Crippen molar-refractivity contribution in [1.29, 1.82) is 0 Å². The average molecular weight is 331 g/mol. The van der Waals surface area contributed by atoms with Crippen LogP contribution in [0.5, 0.6) is 0 Å². The molecular weight excluding hydrogens is 310 g/mol. The Labute approximate surface area is 140 Å². The third-order valence-electron chi connectivity index (χ3n) is 3.40. The van der Waals surface area contributed by atoms with Gasteiger partial charge in [0.25, 0.3) is 5.91 Å². The van der Waals surface area contributed by atoms with E-state index in [2.05, 4.69) is 17.4 Å². The van der Waals surface area contributed by atoms with Gasteiger partial charge in [0.05, 0.1) is 5.56 Å². The van der Waals surface area contributed by atoms with Crippen molar-refractivity contribution < 1.29 is 14.3 Å². The van der Waals surface area contributed by atoms with Crippen LogP contribution in [-0.4, -0.2) is 25.0 Å². The number of ether oxygens (including phenoxy) is 1. The van der Waals surface area contributed by atoms with Crippen LogP contribution in [0.25, 0.3) is 0 Å². The van der Waals surface area contributed by atoms with E-state index in [0.717, 1.165) is 22.6 Å². The molecule has 1 aromatic heterocycles. The first-order valence-corrected chi connectivity index (χ1v) is 8.42. The number of aryl methyl sites for hydroxylation is 3. The normalized spacial score (nSPS) is 10.3. The van der Waals surface area contributed by atoms with Gasteiger partial charge in [0, 0.05) is 16.3 Å². The number of carbonyl (C=O) groups is 2. The molecular formula is C18H21NO3S. The molecule has 0 unspecified atom stereocenters. The molecule has 0 aliphatic carbocycles. The predicted molar refractivity (Wildman–Crippen MR) is 91.8 cm³/mol. The van der Waals surface area contributed by atoms with Gasteiger partial charge in [-0.3, -0.25) is 4.79 Å². The number of hydrogen-bond acceptors (Lipinski definition) is 4. The first-order chi connectivity index (χ1) is 11.1. The standard InChI is InChI=1S/C18H21NO3S/c1-13-11-16(14(2)23-13)18(21)22-12-17(20)19-10-6-9-15-7-4-3-5-8-15/h3-5,7-8,11H,6,9-10,12H2,1-2H3,(H,19,20). The molecule has 2 rings (SSSR count). The summed E-state index contributed by atoms with van der Waals surface area (Å²) in [4.78, 5) is 25.6. The van der Waals surface area contributed by atoms with Crippen molar-refractivity contribution in [2.24, 2.45) is 0 Å². The van der Waals surface area contributed by atoms with Crippen molar-refractivity contribution in [3.63, 3.8) is 0 Å². The van der Waals surface area contributed by atoms with Crippen LogP contribution in [-0.2, 0) is 16.0 Å². The third-order valence-corrected chi connectivity index (χ3v) is 4.37. The van der Waals surface area contributed by atoms with Gasteiger partial charge in [-0.15, -0.1) is 11.3 Å². The van der Waals surface area contributed by atoms with Gasteiger partial charge < -0.3 is 10.1 Å². The van der Waals surface area contributed by atoms with Crippen LogP contribution in [0.4, 0.5) is 0 Å². The molecule has 0 aliphatic heterocycles. The number of hydrogen-bond donors (Lipinski definition) is 1. The maximum absolute atomic E-state index is 11.9. The smallest absolute Gasteiger partial charge is 0.339 e. The lowest BCUT2D eigenvalue weighted by atomic mass is 10.1. The Hall–Kier alpha value is -2.14. The van der Waals surface area contributed by atoms with Gasteiger partial charge in [-0.2, -0.15) is 0 Å². The zero-order valence-corrected chi connectivity index (χ0v) is 14.2. The van der Waals surface area contributed by atoms with E-state index >= 15 is 0 Å². The Morgan fingerprint density at radius 1 is 1.17 bits per heavy atom. The molecule has 5 heteroatoms. The van der Waals surface area contributed by atoms with Gasteiger partial charge in [-0.05, 0) is 38.3 Å². The van der Waals surface area contributed by atoms with Crippen LogP contribution in [0, 0.1) is 13.8 Å². The molecule has 0 aliphatic rings. The molecule has 1 N–H and O–H groups in total. The van der Waals surface area contributed by atoms with Crippen LogP contribution in [0.15, 0.2) is 36.4 Å². The van der Waals surface area contributed by atoms with Crippen LogP contribution in [0.1, 0.15) is 32.1 Å². The van der Waals surface area contributed by atoms with E-state index in [0.29, 0.717) is 12.1 Å². The maximum Gasteiger partial charge on any atom is 0.339 e. The summed E-state index contributed by atoms with van der Waals surface area (Å²) >= 11 is 1.55. The van der Waals surface area contributed by atoms with E-state index in [4.69, 9.17) is 4.74 Å². The minimum absolute atomic E-state index is 0.238. The van der Waals surface area contributed by atoms with E-state index in [1.165, 1.54) is 5.56 Å². The molecule has 0 radical (unpaired) electrons. The second kappa shape index (κ2) is 8.48. The van der Waals surface area contributed by atoms with Crippen LogP contribution < -0.4 is 5.32 Å². The SMILES string of the molecule is Cc1cc(C(=O)OCC(=O)NCCCc2ccccc2)c(C)s1. The van der Waals surface area contributed by atoms with Crippen molar-refractivity contribution in [2.75, 3.05) is 13.2 Å². The Kier molecular flexibility index (Phi) is 6.35. The van der Waals surface area contributed by atoms with E-state index < -0.39 is 5.97 Å². The number of amides is 1. The van der Waals surface area contributed by atoms with Gasteiger partial charge in [-0.1, -0.05) is 30.3 Å². The van der Waals surface area contributed by atoms with Crippen molar-refractivity contribution in [3.8, 4) is 0 Å². The molecule has 0 atom stereocenters. The lowest BCUT2D eigenvalue weighted by Gasteiger charge is -2.06. The molecule has 2 aromatic rings. The molecule has 1 heterocycles. The molecule has 0 bridgehead atoms. The van der Waals surface area contributed by atoms with E-state index in [9.17, 15) is 9.59 Å². The highest BCUT2D eigenvalue weighted by molar-refractivity contribution is 7.12. The van der Waals surface area contributed by atoms with Crippen molar-refractivity contribution in [1.82, 2.24) is 5.32 Å². The number of benzene rings is 1. The monoisotopic (exact) mass is 331 g/mol.